The molecule has 0 radical (unpaired) electrons. The van der Waals surface area contributed by atoms with Crippen LogP contribution in [0.1, 0.15) is 126 Å². The molecule has 0 heterocycles. The first-order chi connectivity index (χ1) is 15.4. The van der Waals surface area contributed by atoms with E-state index in [9.17, 15) is 14.7 Å². The van der Waals surface area contributed by atoms with Gasteiger partial charge in [-0.15, -0.1) is 0 Å². The number of fused-ring (bicyclic) bond motifs is 2. The van der Waals surface area contributed by atoms with Crippen LogP contribution in [-0.2, 0) is 9.59 Å². The fraction of sp³-hybridized carbons (Fsp3) is 0.867. The van der Waals surface area contributed by atoms with Crippen molar-refractivity contribution in [3.05, 3.63) is 11.3 Å². The summed E-state index contributed by atoms with van der Waals surface area (Å²) in [5.41, 5.74) is -1.17. The Hall–Kier alpha value is -1.12. The van der Waals surface area contributed by atoms with Crippen LogP contribution in [-0.4, -0.2) is 16.7 Å². The van der Waals surface area contributed by atoms with Crippen LogP contribution in [0.3, 0.4) is 0 Å². The summed E-state index contributed by atoms with van der Waals surface area (Å²) in [4.78, 5) is 28.4. The molecule has 0 aromatic heterocycles. The Morgan fingerprint density at radius 1 is 0.818 bits per heavy atom. The summed E-state index contributed by atoms with van der Waals surface area (Å²) in [6.45, 7) is 17.6. The van der Waals surface area contributed by atoms with E-state index in [1.165, 1.54) is 0 Å². The molecule has 4 unspecified atom stereocenters. The molecule has 0 saturated heterocycles. The molecule has 1 saturated carbocycles. The molecule has 33 heavy (non-hydrogen) atoms. The standard InChI is InChI=1S/C30H52O3/c1-9-23(8)15-17-30-19-24(12-10-20(2)3)18-29(28(30)33,16-14-22(6)7)26(31)25(27(30)32)13-11-21(4)5/h20-24,32H,9-19H2,1-8H3. The number of hydrogen-bond acceptors (Lipinski definition) is 3. The summed E-state index contributed by atoms with van der Waals surface area (Å²) in [6.07, 6.45) is 9.25. The van der Waals surface area contributed by atoms with Gasteiger partial charge in [0, 0.05) is 5.57 Å². The lowest BCUT2D eigenvalue weighted by Gasteiger charge is -2.53. The molecule has 2 rings (SSSR count). The number of aliphatic hydroxyl groups is 1. The van der Waals surface area contributed by atoms with Gasteiger partial charge in [-0.1, -0.05) is 74.7 Å². The third-order valence-corrected chi connectivity index (χ3v) is 8.62. The summed E-state index contributed by atoms with van der Waals surface area (Å²) in [6, 6.07) is 0. The highest BCUT2D eigenvalue weighted by molar-refractivity contribution is 6.20. The molecule has 3 heteroatoms. The highest BCUT2D eigenvalue weighted by Gasteiger charge is 2.64. The Kier molecular flexibility index (Phi) is 9.83. The molecule has 3 nitrogen and oxygen atoms in total. The number of ketones is 2. The number of carbonyl (C=O) groups is 2. The Morgan fingerprint density at radius 3 is 1.91 bits per heavy atom. The summed E-state index contributed by atoms with van der Waals surface area (Å²) in [5.74, 6) is 2.55. The van der Waals surface area contributed by atoms with Gasteiger partial charge in [0.25, 0.3) is 0 Å². The number of allylic oxidation sites excluding steroid dienone is 2. The molecular weight excluding hydrogens is 408 g/mol. The first kappa shape index (κ1) is 28.1. The molecule has 1 N–H and O–H groups in total. The van der Waals surface area contributed by atoms with Gasteiger partial charge < -0.3 is 5.11 Å². The van der Waals surface area contributed by atoms with Gasteiger partial charge in [0.05, 0.1) is 10.8 Å². The molecule has 4 atom stereocenters. The van der Waals surface area contributed by atoms with Crippen molar-refractivity contribution in [1.29, 1.82) is 0 Å². The zero-order valence-electron chi connectivity index (χ0n) is 22.9. The second-order valence-electron chi connectivity index (χ2n) is 12.8. The molecule has 0 aliphatic heterocycles. The quantitative estimate of drug-likeness (QED) is 0.280. The monoisotopic (exact) mass is 460 g/mol. The highest BCUT2D eigenvalue weighted by Crippen LogP contribution is 2.60. The van der Waals surface area contributed by atoms with Crippen LogP contribution in [0.4, 0.5) is 0 Å². The first-order valence-electron chi connectivity index (χ1n) is 13.9. The van der Waals surface area contributed by atoms with Crippen molar-refractivity contribution in [2.24, 2.45) is 40.4 Å². The summed E-state index contributed by atoms with van der Waals surface area (Å²) in [5, 5.41) is 11.7. The van der Waals surface area contributed by atoms with Crippen molar-refractivity contribution >= 4 is 11.6 Å². The Labute approximate surface area is 204 Å². The SMILES string of the molecule is CCC(C)CCC12CC(CCC(C)C)CC(CCC(C)C)(C(=O)C(CCC(C)C)=C1O)C2=O. The highest BCUT2D eigenvalue weighted by atomic mass is 16.3. The summed E-state index contributed by atoms with van der Waals surface area (Å²) in [7, 11) is 0. The van der Waals surface area contributed by atoms with Gasteiger partial charge in [-0.05, 0) is 81.0 Å². The maximum Gasteiger partial charge on any atom is 0.175 e. The van der Waals surface area contributed by atoms with Gasteiger partial charge in [-0.3, -0.25) is 9.59 Å². The van der Waals surface area contributed by atoms with Crippen molar-refractivity contribution in [3.63, 3.8) is 0 Å². The van der Waals surface area contributed by atoms with Crippen LogP contribution < -0.4 is 0 Å². The van der Waals surface area contributed by atoms with Gasteiger partial charge in [-0.2, -0.15) is 0 Å². The second-order valence-corrected chi connectivity index (χ2v) is 12.8. The third-order valence-electron chi connectivity index (χ3n) is 8.62. The number of rotatable bonds is 13. The van der Waals surface area contributed by atoms with Gasteiger partial charge in [-0.25, -0.2) is 0 Å². The van der Waals surface area contributed by atoms with Gasteiger partial charge in [0.2, 0.25) is 0 Å². The minimum Gasteiger partial charge on any atom is -0.511 e. The van der Waals surface area contributed by atoms with Crippen LogP contribution in [0.25, 0.3) is 0 Å². The molecule has 0 aromatic rings. The number of hydrogen-bond donors (Lipinski definition) is 1. The Bertz CT molecular complexity index is 716. The molecule has 2 bridgehead atoms. The minimum absolute atomic E-state index is 0.0280. The van der Waals surface area contributed by atoms with E-state index in [4.69, 9.17) is 0 Å². The molecule has 2 aliphatic carbocycles. The van der Waals surface area contributed by atoms with E-state index in [-0.39, 0.29) is 17.3 Å². The van der Waals surface area contributed by atoms with Crippen LogP contribution >= 0.6 is 0 Å². The summed E-state index contributed by atoms with van der Waals surface area (Å²) >= 11 is 0. The number of carbonyl (C=O) groups excluding carboxylic acids is 2. The van der Waals surface area contributed by atoms with Crippen LogP contribution in [0.2, 0.25) is 0 Å². The average molecular weight is 461 g/mol. The van der Waals surface area contributed by atoms with Crippen molar-refractivity contribution in [1.82, 2.24) is 0 Å². The molecular formula is C30H52O3. The van der Waals surface area contributed by atoms with Crippen molar-refractivity contribution in [3.8, 4) is 0 Å². The van der Waals surface area contributed by atoms with E-state index in [1.807, 2.05) is 0 Å². The van der Waals surface area contributed by atoms with E-state index >= 15 is 0 Å². The minimum atomic E-state index is -0.918. The largest absolute Gasteiger partial charge is 0.511 e. The van der Waals surface area contributed by atoms with Gasteiger partial charge >= 0.3 is 0 Å². The predicted octanol–water partition coefficient (Wildman–Crippen LogP) is 8.47. The maximum absolute atomic E-state index is 14.3. The predicted molar refractivity (Wildman–Crippen MR) is 138 cm³/mol. The topological polar surface area (TPSA) is 54.4 Å². The lowest BCUT2D eigenvalue weighted by atomic mass is 9.48. The molecule has 0 amide bonds. The lowest BCUT2D eigenvalue weighted by Crippen LogP contribution is -2.59. The normalized spacial score (nSPS) is 29.0. The van der Waals surface area contributed by atoms with Crippen molar-refractivity contribution in [2.75, 3.05) is 0 Å². The van der Waals surface area contributed by atoms with E-state index in [0.29, 0.717) is 60.8 Å². The van der Waals surface area contributed by atoms with Crippen LogP contribution in [0.5, 0.6) is 0 Å². The van der Waals surface area contributed by atoms with Gasteiger partial charge in [0.15, 0.2) is 11.6 Å². The van der Waals surface area contributed by atoms with Crippen LogP contribution in [0.15, 0.2) is 11.3 Å². The van der Waals surface area contributed by atoms with Gasteiger partial charge in [0.1, 0.15) is 5.76 Å². The molecule has 190 valence electrons. The molecule has 0 spiro atoms. The summed E-state index contributed by atoms with van der Waals surface area (Å²) < 4.78 is 0. The zero-order valence-corrected chi connectivity index (χ0v) is 22.9. The molecule has 1 fully saturated rings. The second kappa shape index (κ2) is 11.5. The zero-order chi connectivity index (χ0) is 25.0. The third kappa shape index (κ3) is 6.12. The smallest absolute Gasteiger partial charge is 0.175 e. The fourth-order valence-corrected chi connectivity index (χ4v) is 6.12. The maximum atomic E-state index is 14.3. The fourth-order valence-electron chi connectivity index (χ4n) is 6.12. The van der Waals surface area contributed by atoms with Crippen LogP contribution in [0, 0.1) is 40.4 Å². The Morgan fingerprint density at radius 2 is 1.36 bits per heavy atom. The Balaban J connectivity index is 2.60. The average Bonchev–Trinajstić information content (AvgIpc) is 2.75. The molecule has 2 aliphatic rings. The number of Topliss-reactive ketones (excluding diaryl/α,β-unsaturated/α-hetero) is 2. The first-order valence-corrected chi connectivity index (χ1v) is 13.9. The van der Waals surface area contributed by atoms with E-state index in [0.717, 1.165) is 44.9 Å². The van der Waals surface area contributed by atoms with E-state index in [1.54, 1.807) is 0 Å². The van der Waals surface area contributed by atoms with Crippen molar-refractivity contribution < 1.29 is 14.7 Å². The number of aliphatic hydroxyl groups excluding tert-OH is 1. The lowest BCUT2D eigenvalue weighted by molar-refractivity contribution is -0.157. The molecule has 0 aromatic carbocycles. The van der Waals surface area contributed by atoms with E-state index < -0.39 is 10.8 Å². The van der Waals surface area contributed by atoms with E-state index in [2.05, 4.69) is 55.4 Å². The van der Waals surface area contributed by atoms with Crippen molar-refractivity contribution in [2.45, 2.75) is 126 Å².